The Kier molecular flexibility index (Phi) is 6.37. The second kappa shape index (κ2) is 8.96. The maximum absolute atomic E-state index is 12.6. The van der Waals surface area contributed by atoms with E-state index in [9.17, 15) is 19.2 Å². The molecule has 0 bridgehead atoms. The minimum Gasteiger partial charge on any atom is -0.454 e. The first-order chi connectivity index (χ1) is 14.3. The number of rotatable bonds is 6. The van der Waals surface area contributed by atoms with Gasteiger partial charge in [-0.3, -0.25) is 23.5 Å². The van der Waals surface area contributed by atoms with Crippen LogP contribution in [0.2, 0.25) is 5.02 Å². The molecule has 8 nitrogen and oxygen atoms in total. The van der Waals surface area contributed by atoms with E-state index < -0.39 is 36.3 Å². The molecule has 0 atom stereocenters. The molecule has 1 aromatic heterocycles. The van der Waals surface area contributed by atoms with Crippen molar-refractivity contribution in [2.45, 2.75) is 26.9 Å². The summed E-state index contributed by atoms with van der Waals surface area (Å²) in [5.41, 5.74) is 0.503. The van der Waals surface area contributed by atoms with E-state index in [4.69, 9.17) is 16.3 Å². The van der Waals surface area contributed by atoms with Crippen LogP contribution in [0.3, 0.4) is 0 Å². The first-order valence-electron chi connectivity index (χ1n) is 9.26. The Morgan fingerprint density at radius 3 is 2.53 bits per heavy atom. The van der Waals surface area contributed by atoms with Crippen molar-refractivity contribution in [3.8, 4) is 0 Å². The van der Waals surface area contributed by atoms with Gasteiger partial charge in [-0.1, -0.05) is 29.8 Å². The molecule has 156 valence electrons. The van der Waals surface area contributed by atoms with Gasteiger partial charge in [0.1, 0.15) is 6.54 Å². The molecule has 0 saturated heterocycles. The van der Waals surface area contributed by atoms with Crippen LogP contribution in [0.5, 0.6) is 0 Å². The molecule has 0 fully saturated rings. The number of carbonyl (C=O) groups excluding carboxylic acids is 2. The molecular weight excluding hydrogens is 410 g/mol. The topological polar surface area (TPSA) is 99.4 Å². The van der Waals surface area contributed by atoms with Gasteiger partial charge in [0.2, 0.25) is 0 Å². The number of aromatic nitrogens is 2. The van der Waals surface area contributed by atoms with Gasteiger partial charge in [0, 0.05) is 17.3 Å². The molecule has 3 rings (SSSR count). The van der Waals surface area contributed by atoms with Gasteiger partial charge < -0.3 is 10.1 Å². The normalized spacial score (nSPS) is 10.8. The maximum Gasteiger partial charge on any atom is 0.332 e. The second-order valence-corrected chi connectivity index (χ2v) is 6.96. The summed E-state index contributed by atoms with van der Waals surface area (Å²) in [6.07, 6.45) is 0. The second-order valence-electron chi connectivity index (χ2n) is 6.56. The average Bonchev–Trinajstić information content (AvgIpc) is 2.73. The number of esters is 1. The van der Waals surface area contributed by atoms with Crippen molar-refractivity contribution in [2.75, 3.05) is 11.9 Å². The highest BCUT2D eigenvalue weighted by molar-refractivity contribution is 6.31. The van der Waals surface area contributed by atoms with Crippen LogP contribution < -0.4 is 16.6 Å². The number of halogens is 1. The van der Waals surface area contributed by atoms with Gasteiger partial charge in [0.25, 0.3) is 11.5 Å². The highest BCUT2D eigenvalue weighted by atomic mass is 35.5. The SMILES string of the molecule is CCn1c(=O)c2ccccc2n(CC(=O)OCC(=O)Nc2cccc(Cl)c2C)c1=O. The summed E-state index contributed by atoms with van der Waals surface area (Å²) < 4.78 is 7.24. The molecule has 3 aromatic rings. The van der Waals surface area contributed by atoms with Crippen molar-refractivity contribution in [3.63, 3.8) is 0 Å². The highest BCUT2D eigenvalue weighted by Gasteiger charge is 2.16. The summed E-state index contributed by atoms with van der Waals surface area (Å²) in [4.78, 5) is 49.5. The van der Waals surface area contributed by atoms with Crippen LogP contribution in [0, 0.1) is 6.92 Å². The monoisotopic (exact) mass is 429 g/mol. The molecule has 0 saturated carbocycles. The highest BCUT2D eigenvalue weighted by Crippen LogP contribution is 2.22. The predicted octanol–water partition coefficient (Wildman–Crippen LogP) is 2.33. The minimum absolute atomic E-state index is 0.166. The summed E-state index contributed by atoms with van der Waals surface area (Å²) in [5, 5.41) is 3.44. The van der Waals surface area contributed by atoms with Crippen LogP contribution in [0.4, 0.5) is 5.69 Å². The maximum atomic E-state index is 12.6. The predicted molar refractivity (Wildman–Crippen MR) is 114 cm³/mol. The van der Waals surface area contributed by atoms with Gasteiger partial charge in [0.15, 0.2) is 6.61 Å². The fourth-order valence-electron chi connectivity index (χ4n) is 3.05. The number of nitrogens with one attached hydrogen (secondary N) is 1. The average molecular weight is 430 g/mol. The van der Waals surface area contributed by atoms with Crippen LogP contribution in [0.25, 0.3) is 10.9 Å². The van der Waals surface area contributed by atoms with Crippen LogP contribution in [-0.2, 0) is 27.4 Å². The number of benzene rings is 2. The van der Waals surface area contributed by atoms with Crippen molar-refractivity contribution in [3.05, 3.63) is 73.9 Å². The van der Waals surface area contributed by atoms with Crippen molar-refractivity contribution >= 4 is 40.1 Å². The Morgan fingerprint density at radius 2 is 1.80 bits per heavy atom. The van der Waals surface area contributed by atoms with E-state index in [1.54, 1.807) is 56.3 Å². The number of para-hydroxylation sites is 1. The number of anilines is 1. The smallest absolute Gasteiger partial charge is 0.332 e. The molecule has 1 amide bonds. The molecule has 1 heterocycles. The van der Waals surface area contributed by atoms with Crippen molar-refractivity contribution in [1.29, 1.82) is 0 Å². The molecule has 0 aliphatic heterocycles. The first kappa shape index (κ1) is 21.3. The lowest BCUT2D eigenvalue weighted by atomic mass is 10.2. The van der Waals surface area contributed by atoms with E-state index >= 15 is 0 Å². The van der Waals surface area contributed by atoms with Gasteiger partial charge in [0.05, 0.1) is 10.9 Å². The number of hydrogen-bond donors (Lipinski definition) is 1. The molecule has 0 aliphatic rings. The zero-order valence-corrected chi connectivity index (χ0v) is 17.2. The number of nitrogens with zero attached hydrogens (tertiary/aromatic N) is 2. The number of amides is 1. The fraction of sp³-hybridized carbons (Fsp3) is 0.238. The Labute approximate surface area is 176 Å². The van der Waals surface area contributed by atoms with Gasteiger partial charge in [-0.2, -0.15) is 0 Å². The molecule has 1 N–H and O–H groups in total. The van der Waals surface area contributed by atoms with Crippen LogP contribution in [-0.4, -0.2) is 27.6 Å². The lowest BCUT2D eigenvalue weighted by Crippen LogP contribution is -2.41. The number of ether oxygens (including phenoxy) is 1. The van der Waals surface area contributed by atoms with Crippen molar-refractivity contribution in [2.24, 2.45) is 0 Å². The van der Waals surface area contributed by atoms with E-state index in [1.165, 1.54) is 4.57 Å². The Hall–Kier alpha value is -3.39. The lowest BCUT2D eigenvalue weighted by Gasteiger charge is -2.13. The number of carbonyl (C=O) groups is 2. The van der Waals surface area contributed by atoms with E-state index in [-0.39, 0.29) is 6.54 Å². The number of fused-ring (bicyclic) bond motifs is 1. The van der Waals surface area contributed by atoms with Gasteiger partial charge >= 0.3 is 11.7 Å². The van der Waals surface area contributed by atoms with Gasteiger partial charge in [-0.15, -0.1) is 0 Å². The van der Waals surface area contributed by atoms with Crippen LogP contribution >= 0.6 is 11.6 Å². The van der Waals surface area contributed by atoms with Gasteiger partial charge in [-0.05, 0) is 43.7 Å². The Balaban J connectivity index is 1.75. The minimum atomic E-state index is -0.776. The molecule has 30 heavy (non-hydrogen) atoms. The van der Waals surface area contributed by atoms with Crippen molar-refractivity contribution < 1.29 is 14.3 Å². The third-order valence-electron chi connectivity index (χ3n) is 4.64. The summed E-state index contributed by atoms with van der Waals surface area (Å²) in [6.45, 7) is 2.64. The molecule has 0 unspecified atom stereocenters. The molecular formula is C21H20ClN3O5. The Bertz CT molecular complexity index is 1250. The first-order valence-corrected chi connectivity index (χ1v) is 9.64. The van der Waals surface area contributed by atoms with Crippen LogP contribution in [0.1, 0.15) is 12.5 Å². The zero-order valence-electron chi connectivity index (χ0n) is 16.5. The molecule has 0 aliphatic carbocycles. The summed E-state index contributed by atoms with van der Waals surface area (Å²) >= 11 is 6.02. The summed E-state index contributed by atoms with van der Waals surface area (Å²) in [6, 6.07) is 11.6. The van der Waals surface area contributed by atoms with E-state index in [0.29, 0.717) is 27.2 Å². The van der Waals surface area contributed by atoms with E-state index in [1.807, 2.05) is 0 Å². The molecule has 2 aromatic carbocycles. The van der Waals surface area contributed by atoms with Gasteiger partial charge in [-0.25, -0.2) is 4.79 Å². The quantitative estimate of drug-likeness (QED) is 0.606. The Morgan fingerprint density at radius 1 is 1.07 bits per heavy atom. The lowest BCUT2D eigenvalue weighted by molar-refractivity contribution is -0.147. The van der Waals surface area contributed by atoms with E-state index in [2.05, 4.69) is 5.32 Å². The largest absolute Gasteiger partial charge is 0.454 e. The third kappa shape index (κ3) is 4.28. The molecule has 0 radical (unpaired) electrons. The van der Waals surface area contributed by atoms with Crippen molar-refractivity contribution in [1.82, 2.24) is 9.13 Å². The third-order valence-corrected chi connectivity index (χ3v) is 5.05. The summed E-state index contributed by atoms with van der Waals surface area (Å²) in [7, 11) is 0. The zero-order chi connectivity index (χ0) is 21.8. The fourth-order valence-corrected chi connectivity index (χ4v) is 3.23. The number of hydrogen-bond acceptors (Lipinski definition) is 5. The van der Waals surface area contributed by atoms with Crippen LogP contribution in [0.15, 0.2) is 52.1 Å². The van der Waals surface area contributed by atoms with E-state index in [0.717, 1.165) is 4.57 Å². The summed E-state index contributed by atoms with van der Waals surface area (Å²) in [5.74, 6) is -1.31. The molecule has 9 heteroatoms. The standard InChI is InChI=1S/C21H20ClN3O5/c1-3-24-20(28)14-7-4-5-10-17(14)25(21(24)29)11-19(27)30-12-18(26)23-16-9-6-8-15(22)13(16)2/h4-10H,3,11-12H2,1-2H3,(H,23,26). The molecule has 0 spiro atoms.